The van der Waals surface area contributed by atoms with Gasteiger partial charge in [0.2, 0.25) is 5.91 Å². The smallest absolute Gasteiger partial charge is 0.319 e. The Kier molecular flexibility index (Phi) is 6.60. The molecular formula is C17H24N4O3. The molecule has 0 saturated heterocycles. The predicted octanol–water partition coefficient (Wildman–Crippen LogP) is 1.75. The average molecular weight is 332 g/mol. The number of hydrogen-bond donors (Lipinski definition) is 4. The summed E-state index contributed by atoms with van der Waals surface area (Å²) in [6.45, 7) is 0.188. The van der Waals surface area contributed by atoms with E-state index in [4.69, 9.17) is 5.73 Å². The van der Waals surface area contributed by atoms with Crippen molar-refractivity contribution < 1.29 is 14.4 Å². The molecule has 7 heteroatoms. The van der Waals surface area contributed by atoms with Crippen molar-refractivity contribution in [2.45, 2.75) is 44.6 Å². The van der Waals surface area contributed by atoms with E-state index in [0.29, 0.717) is 11.3 Å². The average Bonchev–Trinajstić information content (AvgIpc) is 2.55. The van der Waals surface area contributed by atoms with Crippen LogP contribution in [0.1, 0.15) is 48.9 Å². The molecule has 0 bridgehead atoms. The molecule has 4 amide bonds. The van der Waals surface area contributed by atoms with Crippen molar-refractivity contribution >= 4 is 23.5 Å². The fourth-order valence-electron chi connectivity index (χ4n) is 2.74. The minimum atomic E-state index is -0.467. The van der Waals surface area contributed by atoms with Gasteiger partial charge in [0.05, 0.1) is 0 Å². The van der Waals surface area contributed by atoms with Gasteiger partial charge in [0, 0.05) is 30.3 Å². The molecule has 0 spiro atoms. The highest BCUT2D eigenvalue weighted by molar-refractivity contribution is 5.97. The number of urea groups is 1. The van der Waals surface area contributed by atoms with E-state index in [-0.39, 0.29) is 30.9 Å². The minimum Gasteiger partial charge on any atom is -0.370 e. The van der Waals surface area contributed by atoms with Gasteiger partial charge in [0.15, 0.2) is 0 Å². The van der Waals surface area contributed by atoms with Gasteiger partial charge < -0.3 is 21.7 Å². The lowest BCUT2D eigenvalue weighted by atomic mass is 9.96. The predicted molar refractivity (Wildman–Crippen MR) is 91.6 cm³/mol. The fraction of sp³-hybridized carbons (Fsp3) is 0.471. The molecule has 1 fully saturated rings. The number of rotatable bonds is 6. The maximum Gasteiger partial charge on any atom is 0.319 e. The molecule has 0 aromatic heterocycles. The summed E-state index contributed by atoms with van der Waals surface area (Å²) < 4.78 is 0. The number of primary amides is 1. The first-order valence-corrected chi connectivity index (χ1v) is 8.28. The van der Waals surface area contributed by atoms with E-state index in [1.54, 1.807) is 24.3 Å². The zero-order valence-electron chi connectivity index (χ0n) is 13.6. The van der Waals surface area contributed by atoms with E-state index < -0.39 is 5.91 Å². The van der Waals surface area contributed by atoms with E-state index in [2.05, 4.69) is 16.0 Å². The van der Waals surface area contributed by atoms with Crippen molar-refractivity contribution in [3.8, 4) is 0 Å². The molecule has 1 aliphatic carbocycles. The summed E-state index contributed by atoms with van der Waals surface area (Å²) in [7, 11) is 0. The Morgan fingerprint density at radius 1 is 1.12 bits per heavy atom. The van der Waals surface area contributed by atoms with E-state index in [0.717, 1.165) is 25.7 Å². The van der Waals surface area contributed by atoms with Crippen molar-refractivity contribution in [3.63, 3.8) is 0 Å². The molecule has 24 heavy (non-hydrogen) atoms. The van der Waals surface area contributed by atoms with Crippen LogP contribution in [0.2, 0.25) is 0 Å². The molecule has 7 nitrogen and oxygen atoms in total. The van der Waals surface area contributed by atoms with Gasteiger partial charge in [0.1, 0.15) is 0 Å². The molecule has 1 aliphatic rings. The lowest BCUT2D eigenvalue weighted by Gasteiger charge is -2.22. The highest BCUT2D eigenvalue weighted by Gasteiger charge is 2.15. The highest BCUT2D eigenvalue weighted by Crippen LogP contribution is 2.17. The second kappa shape index (κ2) is 8.90. The Bertz CT molecular complexity index is 597. The highest BCUT2D eigenvalue weighted by atomic mass is 16.2. The Morgan fingerprint density at radius 2 is 1.88 bits per heavy atom. The van der Waals surface area contributed by atoms with Crippen LogP contribution in [0.15, 0.2) is 24.3 Å². The van der Waals surface area contributed by atoms with Crippen molar-refractivity contribution in [1.82, 2.24) is 10.6 Å². The van der Waals surface area contributed by atoms with Crippen LogP contribution >= 0.6 is 0 Å². The molecule has 1 aromatic carbocycles. The lowest BCUT2D eigenvalue weighted by molar-refractivity contribution is -0.117. The number of amides is 4. The number of hydrogen-bond acceptors (Lipinski definition) is 3. The van der Waals surface area contributed by atoms with Crippen LogP contribution in [0.4, 0.5) is 10.5 Å². The molecule has 1 aromatic rings. The van der Waals surface area contributed by atoms with E-state index in [1.807, 2.05) is 0 Å². The summed E-state index contributed by atoms with van der Waals surface area (Å²) in [5.74, 6) is -0.780. The van der Waals surface area contributed by atoms with Gasteiger partial charge in [-0.1, -0.05) is 25.3 Å². The first-order chi connectivity index (χ1) is 11.5. The number of anilines is 1. The van der Waals surface area contributed by atoms with Crippen LogP contribution in [0.5, 0.6) is 0 Å². The maximum atomic E-state index is 12.0. The summed E-state index contributed by atoms with van der Waals surface area (Å²) in [4.78, 5) is 34.7. The van der Waals surface area contributed by atoms with Gasteiger partial charge in [-0.3, -0.25) is 9.59 Å². The first-order valence-electron chi connectivity index (χ1n) is 8.28. The summed E-state index contributed by atoms with van der Waals surface area (Å²) in [5, 5.41) is 8.32. The largest absolute Gasteiger partial charge is 0.370 e. The van der Waals surface area contributed by atoms with E-state index >= 15 is 0 Å². The molecule has 130 valence electrons. The Balaban J connectivity index is 1.85. The summed E-state index contributed by atoms with van der Waals surface area (Å²) in [6.07, 6.45) is 5.63. The summed E-state index contributed by atoms with van der Waals surface area (Å²) in [5.41, 5.74) is 5.99. The third-order valence-electron chi connectivity index (χ3n) is 3.98. The molecule has 0 aliphatic heterocycles. The third kappa shape index (κ3) is 5.91. The Morgan fingerprint density at radius 3 is 2.58 bits per heavy atom. The number of carbonyl (C=O) groups excluding carboxylic acids is 3. The molecule has 1 saturated carbocycles. The number of nitrogens with two attached hydrogens (primary N) is 1. The number of nitrogens with one attached hydrogen (secondary N) is 3. The Labute approximate surface area is 141 Å². The zero-order chi connectivity index (χ0) is 17.4. The second-order valence-electron chi connectivity index (χ2n) is 5.99. The van der Waals surface area contributed by atoms with Crippen LogP contribution in [0, 0.1) is 0 Å². The maximum absolute atomic E-state index is 12.0. The van der Waals surface area contributed by atoms with Crippen molar-refractivity contribution in [2.75, 3.05) is 11.9 Å². The standard InChI is InChI=1S/C17H24N4O3/c18-15(22)9-10-19-16(23)12-5-4-8-14(11-12)21-17(24)20-13-6-2-1-3-7-13/h4-5,8,11,13H,1-3,6-7,9-10H2,(H2,18,22)(H,19,23)(H2,20,21,24). The topological polar surface area (TPSA) is 113 Å². The van der Waals surface area contributed by atoms with Crippen LogP contribution < -0.4 is 21.7 Å². The van der Waals surface area contributed by atoms with Gasteiger partial charge in [-0.2, -0.15) is 0 Å². The second-order valence-corrected chi connectivity index (χ2v) is 5.99. The molecule has 5 N–H and O–H groups in total. The molecule has 0 heterocycles. The molecule has 2 rings (SSSR count). The van der Waals surface area contributed by atoms with Crippen LogP contribution in [0.25, 0.3) is 0 Å². The van der Waals surface area contributed by atoms with Crippen molar-refractivity contribution in [3.05, 3.63) is 29.8 Å². The summed E-state index contributed by atoms with van der Waals surface area (Å²) >= 11 is 0. The van der Waals surface area contributed by atoms with Crippen LogP contribution in [-0.4, -0.2) is 30.4 Å². The van der Waals surface area contributed by atoms with E-state index in [9.17, 15) is 14.4 Å². The zero-order valence-corrected chi connectivity index (χ0v) is 13.6. The third-order valence-corrected chi connectivity index (χ3v) is 3.98. The molecule has 0 radical (unpaired) electrons. The fourth-order valence-corrected chi connectivity index (χ4v) is 2.74. The van der Waals surface area contributed by atoms with Gasteiger partial charge in [-0.25, -0.2) is 4.79 Å². The number of carbonyl (C=O) groups is 3. The normalized spacial score (nSPS) is 14.7. The molecule has 0 unspecified atom stereocenters. The lowest BCUT2D eigenvalue weighted by Crippen LogP contribution is -2.39. The Hall–Kier alpha value is -2.57. The first kappa shape index (κ1) is 17.8. The quantitative estimate of drug-likeness (QED) is 0.636. The molecular weight excluding hydrogens is 308 g/mol. The van der Waals surface area contributed by atoms with Crippen LogP contribution in [0.3, 0.4) is 0 Å². The van der Waals surface area contributed by atoms with Gasteiger partial charge >= 0.3 is 6.03 Å². The summed E-state index contributed by atoms with van der Waals surface area (Å²) in [6, 6.07) is 6.62. The van der Waals surface area contributed by atoms with E-state index in [1.165, 1.54) is 6.42 Å². The monoisotopic (exact) mass is 332 g/mol. The minimum absolute atomic E-state index is 0.0907. The van der Waals surface area contributed by atoms with Crippen molar-refractivity contribution in [2.24, 2.45) is 5.73 Å². The SMILES string of the molecule is NC(=O)CCNC(=O)c1cccc(NC(=O)NC2CCCCC2)c1. The van der Waals surface area contributed by atoms with Crippen LogP contribution in [-0.2, 0) is 4.79 Å². The van der Waals surface area contributed by atoms with Crippen molar-refractivity contribution in [1.29, 1.82) is 0 Å². The molecule has 0 atom stereocenters. The van der Waals surface area contributed by atoms with Gasteiger partial charge in [0.25, 0.3) is 5.91 Å². The van der Waals surface area contributed by atoms with Gasteiger partial charge in [-0.05, 0) is 31.0 Å². The van der Waals surface area contributed by atoms with Gasteiger partial charge in [-0.15, -0.1) is 0 Å². The number of benzene rings is 1.